The third-order valence-corrected chi connectivity index (χ3v) is 2.62. The van der Waals surface area contributed by atoms with Gasteiger partial charge in [0.25, 0.3) is 0 Å². The van der Waals surface area contributed by atoms with Crippen LogP contribution in [0.3, 0.4) is 0 Å². The third kappa shape index (κ3) is 1.76. The van der Waals surface area contributed by atoms with Crippen LogP contribution in [0, 0.1) is 0 Å². The molecule has 0 spiro atoms. The summed E-state index contributed by atoms with van der Waals surface area (Å²) in [6.07, 6.45) is 0. The average molecular weight is 183 g/mol. The van der Waals surface area contributed by atoms with Crippen molar-refractivity contribution in [2.75, 3.05) is 0 Å². The predicted molar refractivity (Wildman–Crippen MR) is 38.4 cm³/mol. The number of thiophene rings is 1. The maximum Gasteiger partial charge on any atom is 0.187 e. The summed E-state index contributed by atoms with van der Waals surface area (Å²) in [5.74, 6) is 0. The van der Waals surface area contributed by atoms with Crippen LogP contribution >= 0.6 is 22.9 Å². The first-order chi connectivity index (χ1) is 4.20. The summed E-state index contributed by atoms with van der Waals surface area (Å²) in [7, 11) is 0. The van der Waals surface area contributed by atoms with E-state index in [-0.39, 0.29) is 0 Å². The molecule has 0 radical (unpaired) electrons. The van der Waals surface area contributed by atoms with Crippen molar-refractivity contribution in [3.8, 4) is 0 Å². The largest absolute Gasteiger partial charge is 0.302 e. The molecule has 1 aromatic rings. The van der Waals surface area contributed by atoms with Crippen LogP contribution in [0.2, 0.25) is 4.34 Å². The second-order valence-corrected chi connectivity index (χ2v) is 3.85. The van der Waals surface area contributed by atoms with Gasteiger partial charge in [-0.25, -0.2) is 4.21 Å². The Kier molecular flexibility index (Phi) is 2.23. The summed E-state index contributed by atoms with van der Waals surface area (Å²) in [5.41, 5.74) is 0. The van der Waals surface area contributed by atoms with Gasteiger partial charge >= 0.3 is 0 Å². The van der Waals surface area contributed by atoms with E-state index in [0.717, 1.165) is 0 Å². The van der Waals surface area contributed by atoms with Crippen LogP contribution in [0.25, 0.3) is 0 Å². The van der Waals surface area contributed by atoms with Crippen LogP contribution in [-0.4, -0.2) is 8.76 Å². The summed E-state index contributed by atoms with van der Waals surface area (Å²) >= 11 is 4.84. The van der Waals surface area contributed by atoms with Gasteiger partial charge in [-0.2, -0.15) is 0 Å². The molecule has 2 nitrogen and oxygen atoms in total. The Morgan fingerprint density at radius 2 is 2.44 bits per heavy atom. The van der Waals surface area contributed by atoms with E-state index < -0.39 is 11.1 Å². The lowest BCUT2D eigenvalue weighted by atomic mass is 10.7. The Hall–Kier alpha value is 0.1000. The fourth-order valence-electron chi connectivity index (χ4n) is 0.386. The lowest BCUT2D eigenvalue weighted by Crippen LogP contribution is -1.81. The van der Waals surface area contributed by atoms with Crippen LogP contribution in [0.5, 0.6) is 0 Å². The SMILES string of the molecule is O=S(O)c1csc(Cl)c1. The van der Waals surface area contributed by atoms with Crippen LogP contribution in [0.15, 0.2) is 16.3 Å². The van der Waals surface area contributed by atoms with E-state index in [4.69, 9.17) is 16.2 Å². The van der Waals surface area contributed by atoms with Crippen molar-refractivity contribution in [1.82, 2.24) is 0 Å². The minimum absolute atomic E-state index is 0.366. The highest BCUT2D eigenvalue weighted by molar-refractivity contribution is 7.79. The third-order valence-electron chi connectivity index (χ3n) is 0.745. The van der Waals surface area contributed by atoms with Crippen LogP contribution < -0.4 is 0 Å². The van der Waals surface area contributed by atoms with Crippen LogP contribution in [0.4, 0.5) is 0 Å². The highest BCUT2D eigenvalue weighted by Gasteiger charge is 2.00. The van der Waals surface area contributed by atoms with Gasteiger partial charge in [-0.15, -0.1) is 11.3 Å². The van der Waals surface area contributed by atoms with E-state index in [2.05, 4.69) is 0 Å². The summed E-state index contributed by atoms with van der Waals surface area (Å²) in [5, 5.41) is 1.55. The number of hydrogen-bond donors (Lipinski definition) is 1. The van der Waals surface area contributed by atoms with Gasteiger partial charge in [0.1, 0.15) is 0 Å². The van der Waals surface area contributed by atoms with Gasteiger partial charge in [0.2, 0.25) is 0 Å². The number of hydrogen-bond acceptors (Lipinski definition) is 2. The molecule has 0 saturated heterocycles. The summed E-state index contributed by atoms with van der Waals surface area (Å²) in [6.45, 7) is 0. The van der Waals surface area contributed by atoms with Gasteiger partial charge in [0.15, 0.2) is 11.1 Å². The molecule has 1 N–H and O–H groups in total. The van der Waals surface area contributed by atoms with E-state index in [9.17, 15) is 4.21 Å². The molecule has 1 aromatic heterocycles. The van der Waals surface area contributed by atoms with Crippen molar-refractivity contribution in [2.24, 2.45) is 0 Å². The molecule has 1 rings (SSSR count). The molecule has 0 amide bonds. The van der Waals surface area contributed by atoms with E-state index in [1.54, 1.807) is 5.38 Å². The van der Waals surface area contributed by atoms with Crippen molar-refractivity contribution in [2.45, 2.75) is 4.90 Å². The highest BCUT2D eigenvalue weighted by atomic mass is 35.5. The molecular weight excluding hydrogens is 180 g/mol. The molecule has 0 aromatic carbocycles. The van der Waals surface area contributed by atoms with Gasteiger partial charge in [0.05, 0.1) is 9.23 Å². The minimum atomic E-state index is -1.88. The number of halogens is 1. The molecule has 0 bridgehead atoms. The molecule has 0 aliphatic rings. The Bertz CT molecular complexity index is 232. The highest BCUT2D eigenvalue weighted by Crippen LogP contribution is 2.21. The van der Waals surface area contributed by atoms with Gasteiger partial charge in [-0.3, -0.25) is 0 Å². The molecule has 1 atom stereocenters. The second kappa shape index (κ2) is 2.79. The number of rotatable bonds is 1. The van der Waals surface area contributed by atoms with Crippen LogP contribution in [-0.2, 0) is 11.1 Å². The van der Waals surface area contributed by atoms with Crippen molar-refractivity contribution in [3.63, 3.8) is 0 Å². The normalized spacial score (nSPS) is 13.6. The van der Waals surface area contributed by atoms with Crippen molar-refractivity contribution in [3.05, 3.63) is 15.8 Å². The average Bonchev–Trinajstić information content (AvgIpc) is 2.14. The first-order valence-electron chi connectivity index (χ1n) is 2.05. The zero-order chi connectivity index (χ0) is 6.85. The van der Waals surface area contributed by atoms with Crippen molar-refractivity contribution in [1.29, 1.82) is 0 Å². The van der Waals surface area contributed by atoms with Crippen molar-refractivity contribution >= 4 is 34.0 Å². The molecule has 0 saturated carbocycles. The quantitative estimate of drug-likeness (QED) is 0.675. The predicted octanol–water partition coefficient (Wildman–Crippen LogP) is 1.98. The lowest BCUT2D eigenvalue weighted by molar-refractivity contribution is 0.565. The topological polar surface area (TPSA) is 37.3 Å². The molecule has 50 valence electrons. The minimum Gasteiger partial charge on any atom is -0.302 e. The summed E-state index contributed by atoms with van der Waals surface area (Å²) < 4.78 is 19.3. The van der Waals surface area contributed by atoms with E-state index in [1.165, 1.54) is 17.4 Å². The van der Waals surface area contributed by atoms with Crippen LogP contribution in [0.1, 0.15) is 0 Å². The maximum atomic E-state index is 10.3. The Morgan fingerprint density at radius 3 is 2.67 bits per heavy atom. The Balaban J connectivity index is 2.98. The standard InChI is InChI=1S/C4H3ClO2S2/c5-4-1-3(2-8-4)9(6)7/h1-2H,(H,6,7). The Labute approximate surface area is 63.8 Å². The van der Waals surface area contributed by atoms with E-state index in [0.29, 0.717) is 9.23 Å². The fourth-order valence-corrected chi connectivity index (χ4v) is 1.96. The molecule has 0 aliphatic heterocycles. The summed E-state index contributed by atoms with van der Waals surface area (Å²) in [6, 6.07) is 1.47. The van der Waals surface area contributed by atoms with Gasteiger partial charge < -0.3 is 4.55 Å². The molecule has 1 unspecified atom stereocenters. The van der Waals surface area contributed by atoms with Gasteiger partial charge in [0, 0.05) is 5.38 Å². The molecule has 1 heterocycles. The molecule has 0 fully saturated rings. The molecule has 9 heavy (non-hydrogen) atoms. The van der Waals surface area contributed by atoms with Gasteiger partial charge in [-0.05, 0) is 6.07 Å². The van der Waals surface area contributed by atoms with Gasteiger partial charge in [-0.1, -0.05) is 11.6 Å². The van der Waals surface area contributed by atoms with E-state index in [1.807, 2.05) is 0 Å². The zero-order valence-electron chi connectivity index (χ0n) is 4.20. The molecular formula is C4H3ClO2S2. The molecule has 0 aliphatic carbocycles. The maximum absolute atomic E-state index is 10.3. The summed E-state index contributed by atoms with van der Waals surface area (Å²) in [4.78, 5) is 0.366. The van der Waals surface area contributed by atoms with E-state index >= 15 is 0 Å². The second-order valence-electron chi connectivity index (χ2n) is 1.34. The first-order valence-corrected chi connectivity index (χ1v) is 4.41. The van der Waals surface area contributed by atoms with Crippen molar-refractivity contribution < 1.29 is 8.76 Å². The monoisotopic (exact) mass is 182 g/mol. The first kappa shape index (κ1) is 7.21. The zero-order valence-corrected chi connectivity index (χ0v) is 6.59. The molecule has 5 heteroatoms. The Morgan fingerprint density at radius 1 is 1.78 bits per heavy atom. The lowest BCUT2D eigenvalue weighted by Gasteiger charge is -1.80. The fraction of sp³-hybridized carbons (Fsp3) is 0. The smallest absolute Gasteiger partial charge is 0.187 e.